The fourth-order valence-electron chi connectivity index (χ4n) is 3.94. The first-order valence-corrected chi connectivity index (χ1v) is 12.7. The van der Waals surface area contributed by atoms with Gasteiger partial charge in [-0.2, -0.15) is 0 Å². The van der Waals surface area contributed by atoms with Gasteiger partial charge in [-0.15, -0.1) is 0 Å². The van der Waals surface area contributed by atoms with E-state index in [4.69, 9.17) is 9.47 Å². The average Bonchev–Trinajstić information content (AvgIpc) is 3.32. The van der Waals surface area contributed by atoms with E-state index in [2.05, 4.69) is 5.32 Å². The van der Waals surface area contributed by atoms with E-state index in [-0.39, 0.29) is 18.1 Å². The maximum Gasteiger partial charge on any atom is 0.329 e. The van der Waals surface area contributed by atoms with Gasteiger partial charge in [0.05, 0.1) is 4.90 Å². The molecule has 0 saturated carbocycles. The molecule has 10 heteroatoms. The quantitative estimate of drug-likeness (QED) is 0.505. The monoisotopic (exact) mass is 509 g/mol. The Morgan fingerprint density at radius 2 is 1.61 bits per heavy atom. The molecule has 0 radical (unpaired) electrons. The van der Waals surface area contributed by atoms with Gasteiger partial charge < -0.3 is 19.7 Å². The number of aryl methyl sites for hydroxylation is 2. The normalized spacial score (nSPS) is 13.1. The molecule has 188 valence electrons. The van der Waals surface area contributed by atoms with Crippen molar-refractivity contribution in [1.82, 2.24) is 10.0 Å². The van der Waals surface area contributed by atoms with Crippen LogP contribution in [0, 0.1) is 13.8 Å². The predicted octanol–water partition coefficient (Wildman–Crippen LogP) is 3.29. The third kappa shape index (κ3) is 5.44. The summed E-state index contributed by atoms with van der Waals surface area (Å²) in [5.41, 5.74) is 2.81. The maximum absolute atomic E-state index is 13.5. The second-order valence-electron chi connectivity index (χ2n) is 8.46. The van der Waals surface area contributed by atoms with E-state index in [1.807, 2.05) is 35.9 Å². The van der Waals surface area contributed by atoms with Crippen LogP contribution in [0.4, 0.5) is 10.5 Å². The zero-order valence-corrected chi connectivity index (χ0v) is 21.0. The van der Waals surface area contributed by atoms with Crippen LogP contribution in [0.15, 0.2) is 71.6 Å². The van der Waals surface area contributed by atoms with Gasteiger partial charge in [-0.25, -0.2) is 17.9 Å². The topological polar surface area (TPSA) is 114 Å². The van der Waals surface area contributed by atoms with Crippen molar-refractivity contribution in [3.8, 4) is 11.5 Å². The molecule has 9 nitrogen and oxygen atoms in total. The molecular formula is C26H27N3O6S. The predicted molar refractivity (Wildman–Crippen MR) is 135 cm³/mol. The Morgan fingerprint density at radius 3 is 2.33 bits per heavy atom. The molecule has 3 aromatic rings. The number of urea groups is 1. The van der Waals surface area contributed by atoms with Gasteiger partial charge in [0.2, 0.25) is 12.7 Å². The third-order valence-electron chi connectivity index (χ3n) is 5.97. The van der Waals surface area contributed by atoms with Crippen LogP contribution in [-0.2, 0) is 21.2 Å². The molecular weight excluding hydrogens is 482 g/mol. The molecule has 0 spiro atoms. The number of benzene rings is 3. The number of fused-ring (bicyclic) bond motifs is 1. The fraction of sp³-hybridized carbons (Fsp3) is 0.231. The first-order chi connectivity index (χ1) is 17.2. The molecule has 0 aliphatic carbocycles. The van der Waals surface area contributed by atoms with Crippen molar-refractivity contribution in [2.45, 2.75) is 31.2 Å². The van der Waals surface area contributed by atoms with Crippen molar-refractivity contribution in [2.75, 3.05) is 18.7 Å². The smallest absolute Gasteiger partial charge is 0.329 e. The van der Waals surface area contributed by atoms with Crippen molar-refractivity contribution >= 4 is 27.6 Å². The van der Waals surface area contributed by atoms with Crippen molar-refractivity contribution < 1.29 is 27.5 Å². The molecule has 4 rings (SSSR count). The molecule has 1 aliphatic heterocycles. The van der Waals surface area contributed by atoms with Crippen LogP contribution in [0.25, 0.3) is 0 Å². The van der Waals surface area contributed by atoms with E-state index < -0.39 is 28.0 Å². The summed E-state index contributed by atoms with van der Waals surface area (Å²) >= 11 is 0. The standard InChI is InChI=1S/C26H27N3O6S/c1-17-8-4-6-10-19(17)14-21(25(30)29(3)20-12-13-22-23(15-20)35-16-34-22)27-26(31)28-36(32,33)24-11-7-5-9-18(24)2/h4-13,15,21H,14,16H2,1-3H3,(H2,27,28,31). The third-order valence-corrected chi connectivity index (χ3v) is 7.46. The number of rotatable bonds is 7. The Kier molecular flexibility index (Phi) is 7.16. The first-order valence-electron chi connectivity index (χ1n) is 11.3. The SMILES string of the molecule is Cc1ccccc1CC(NC(=O)NS(=O)(=O)c1ccccc1C)C(=O)N(C)c1ccc2c(c1)OCO2. The van der Waals surface area contributed by atoms with Gasteiger partial charge in [0.15, 0.2) is 11.5 Å². The summed E-state index contributed by atoms with van der Waals surface area (Å²) in [5.74, 6) is 0.660. The lowest BCUT2D eigenvalue weighted by Gasteiger charge is -2.25. The number of ether oxygens (including phenoxy) is 2. The largest absolute Gasteiger partial charge is 0.454 e. The molecule has 36 heavy (non-hydrogen) atoms. The summed E-state index contributed by atoms with van der Waals surface area (Å²) in [6.07, 6.45) is 0.165. The molecule has 1 aliphatic rings. The van der Waals surface area contributed by atoms with Crippen LogP contribution < -0.4 is 24.4 Å². The molecule has 0 aromatic heterocycles. The maximum atomic E-state index is 13.5. The highest BCUT2D eigenvalue weighted by atomic mass is 32.2. The van der Waals surface area contributed by atoms with Crippen LogP contribution in [-0.4, -0.2) is 40.2 Å². The number of hydrogen-bond acceptors (Lipinski definition) is 6. The van der Waals surface area contributed by atoms with Gasteiger partial charge in [0.25, 0.3) is 10.0 Å². The minimum absolute atomic E-state index is 0.0144. The van der Waals surface area contributed by atoms with Gasteiger partial charge in [0.1, 0.15) is 6.04 Å². The summed E-state index contributed by atoms with van der Waals surface area (Å²) in [7, 11) is -2.56. The minimum Gasteiger partial charge on any atom is -0.454 e. The molecule has 0 saturated heterocycles. The Morgan fingerprint density at radius 1 is 0.944 bits per heavy atom. The van der Waals surface area contributed by atoms with Crippen LogP contribution in [0.1, 0.15) is 16.7 Å². The van der Waals surface area contributed by atoms with Gasteiger partial charge in [-0.1, -0.05) is 42.5 Å². The summed E-state index contributed by atoms with van der Waals surface area (Å²) in [5, 5.41) is 2.56. The minimum atomic E-state index is -4.14. The molecule has 0 fully saturated rings. The second-order valence-corrected chi connectivity index (χ2v) is 10.1. The number of likely N-dealkylation sites (N-methyl/N-ethyl adjacent to an activating group) is 1. The number of carbonyl (C=O) groups is 2. The van der Waals surface area contributed by atoms with Crippen LogP contribution in [0.2, 0.25) is 0 Å². The number of hydrogen-bond donors (Lipinski definition) is 2. The number of nitrogens with one attached hydrogen (secondary N) is 2. The van der Waals surface area contributed by atoms with Crippen LogP contribution >= 0.6 is 0 Å². The molecule has 2 N–H and O–H groups in total. The highest BCUT2D eigenvalue weighted by Crippen LogP contribution is 2.35. The molecule has 3 aromatic carbocycles. The number of anilines is 1. The zero-order valence-electron chi connectivity index (χ0n) is 20.1. The van der Waals surface area contributed by atoms with Crippen molar-refractivity contribution in [2.24, 2.45) is 0 Å². The Labute approximate surface area is 210 Å². The number of carbonyl (C=O) groups excluding carboxylic acids is 2. The van der Waals surface area contributed by atoms with Gasteiger partial charge >= 0.3 is 6.03 Å². The van der Waals surface area contributed by atoms with Crippen LogP contribution in [0.3, 0.4) is 0 Å². The number of sulfonamides is 1. The molecule has 1 heterocycles. The Balaban J connectivity index is 1.57. The summed E-state index contributed by atoms with van der Waals surface area (Å²) in [6.45, 7) is 3.64. The first kappa shape index (κ1) is 25.1. The molecule has 0 bridgehead atoms. The van der Waals surface area contributed by atoms with E-state index in [9.17, 15) is 18.0 Å². The Bertz CT molecular complexity index is 1410. The summed E-state index contributed by atoms with van der Waals surface area (Å²) in [4.78, 5) is 27.8. The average molecular weight is 510 g/mol. The number of nitrogens with zero attached hydrogens (tertiary/aromatic N) is 1. The molecule has 3 amide bonds. The van der Waals surface area contributed by atoms with E-state index in [0.29, 0.717) is 22.7 Å². The lowest BCUT2D eigenvalue weighted by atomic mass is 10.00. The molecule has 1 atom stereocenters. The summed E-state index contributed by atoms with van der Waals surface area (Å²) < 4.78 is 38.4. The second kappa shape index (κ2) is 10.3. The van der Waals surface area contributed by atoms with Gasteiger partial charge in [-0.3, -0.25) is 4.79 Å². The van der Waals surface area contributed by atoms with Gasteiger partial charge in [-0.05, 0) is 48.7 Å². The lowest BCUT2D eigenvalue weighted by molar-refractivity contribution is -0.120. The van der Waals surface area contributed by atoms with Gasteiger partial charge in [0, 0.05) is 25.2 Å². The Hall–Kier alpha value is -4.05. The number of amides is 3. The van der Waals surface area contributed by atoms with E-state index in [0.717, 1.165) is 11.1 Å². The van der Waals surface area contributed by atoms with Crippen molar-refractivity contribution in [3.63, 3.8) is 0 Å². The van der Waals surface area contributed by atoms with E-state index in [1.165, 1.54) is 11.0 Å². The van der Waals surface area contributed by atoms with E-state index >= 15 is 0 Å². The van der Waals surface area contributed by atoms with Crippen LogP contribution in [0.5, 0.6) is 11.5 Å². The molecule has 1 unspecified atom stereocenters. The lowest BCUT2D eigenvalue weighted by Crippen LogP contribution is -2.52. The highest BCUT2D eigenvalue weighted by molar-refractivity contribution is 7.90. The highest BCUT2D eigenvalue weighted by Gasteiger charge is 2.29. The van der Waals surface area contributed by atoms with Crippen molar-refractivity contribution in [1.29, 1.82) is 0 Å². The summed E-state index contributed by atoms with van der Waals surface area (Å²) in [6, 6.07) is 16.9. The van der Waals surface area contributed by atoms with E-state index in [1.54, 1.807) is 50.4 Å². The fourth-order valence-corrected chi connectivity index (χ4v) is 5.10. The zero-order chi connectivity index (χ0) is 25.9. The van der Waals surface area contributed by atoms with Crippen molar-refractivity contribution in [3.05, 3.63) is 83.4 Å².